The van der Waals surface area contributed by atoms with Crippen LogP contribution in [0.5, 0.6) is 5.75 Å². The highest BCUT2D eigenvalue weighted by molar-refractivity contribution is 6.30. The molecule has 0 aromatic heterocycles. The number of hydrogen-bond donors (Lipinski definition) is 1. The molecule has 3 aromatic carbocycles. The first-order valence-electron chi connectivity index (χ1n) is 10.5. The highest BCUT2D eigenvalue weighted by Crippen LogP contribution is 2.19. The van der Waals surface area contributed by atoms with Gasteiger partial charge in [0.05, 0.1) is 0 Å². The molecule has 1 N–H and O–H groups in total. The van der Waals surface area contributed by atoms with E-state index in [0.717, 1.165) is 16.7 Å². The lowest BCUT2D eigenvalue weighted by molar-refractivity contribution is -0.142. The summed E-state index contributed by atoms with van der Waals surface area (Å²) in [4.78, 5) is 27.8. The van der Waals surface area contributed by atoms with Crippen LogP contribution in [0.1, 0.15) is 16.7 Å². The van der Waals surface area contributed by atoms with E-state index in [9.17, 15) is 9.59 Å². The summed E-state index contributed by atoms with van der Waals surface area (Å²) in [5.74, 6) is 0.126. The van der Waals surface area contributed by atoms with Crippen molar-refractivity contribution in [2.24, 2.45) is 0 Å². The number of halogens is 1. The van der Waals surface area contributed by atoms with Crippen molar-refractivity contribution in [3.05, 3.63) is 101 Å². The van der Waals surface area contributed by atoms with Crippen molar-refractivity contribution in [2.75, 3.05) is 13.7 Å². The molecule has 5 nitrogen and oxygen atoms in total. The second-order valence-corrected chi connectivity index (χ2v) is 7.96. The third kappa shape index (κ3) is 6.34. The van der Waals surface area contributed by atoms with Crippen molar-refractivity contribution in [3.8, 4) is 5.75 Å². The van der Waals surface area contributed by atoms with Gasteiger partial charge in [-0.15, -0.1) is 0 Å². The number of rotatable bonds is 9. The van der Waals surface area contributed by atoms with Gasteiger partial charge >= 0.3 is 0 Å². The molecular formula is C26H27ClN2O3. The summed E-state index contributed by atoms with van der Waals surface area (Å²) >= 11 is 6.16. The van der Waals surface area contributed by atoms with E-state index in [-0.39, 0.29) is 25.0 Å². The first-order valence-corrected chi connectivity index (χ1v) is 10.8. The van der Waals surface area contributed by atoms with Crippen molar-refractivity contribution in [1.29, 1.82) is 0 Å². The standard InChI is InChI=1S/C26H27ClN2O3/c1-19-9-6-7-14-24(19)32-18-25(30)29(17-21-12-8-13-22(27)15-21)23(26(31)28-2)16-20-10-4-3-5-11-20/h3-15,23H,16-18H2,1-2H3,(H,28,31)/t23-/m1/s1. The number of likely N-dealkylation sites (N-methyl/N-ethyl adjacent to an activating group) is 1. The van der Waals surface area contributed by atoms with Crippen LogP contribution in [-0.2, 0) is 22.6 Å². The zero-order chi connectivity index (χ0) is 22.9. The van der Waals surface area contributed by atoms with E-state index in [0.29, 0.717) is 17.2 Å². The average Bonchev–Trinajstić information content (AvgIpc) is 2.81. The SMILES string of the molecule is CNC(=O)[C@@H](Cc1ccccc1)N(Cc1cccc(Cl)c1)C(=O)COc1ccccc1C. The van der Waals surface area contributed by atoms with Gasteiger partial charge in [-0.2, -0.15) is 0 Å². The average molecular weight is 451 g/mol. The predicted octanol–water partition coefficient (Wildman–Crippen LogP) is 4.41. The Morgan fingerprint density at radius 1 is 0.969 bits per heavy atom. The number of carbonyl (C=O) groups is 2. The van der Waals surface area contributed by atoms with Crippen molar-refractivity contribution >= 4 is 23.4 Å². The Morgan fingerprint density at radius 2 is 1.66 bits per heavy atom. The molecule has 0 aliphatic carbocycles. The van der Waals surface area contributed by atoms with Crippen molar-refractivity contribution in [3.63, 3.8) is 0 Å². The summed E-state index contributed by atoms with van der Waals surface area (Å²) in [5, 5.41) is 3.28. The Balaban J connectivity index is 1.88. The molecule has 0 fully saturated rings. The minimum absolute atomic E-state index is 0.173. The number of nitrogens with one attached hydrogen (secondary N) is 1. The number of hydrogen-bond acceptors (Lipinski definition) is 3. The van der Waals surface area contributed by atoms with E-state index in [1.807, 2.05) is 73.7 Å². The predicted molar refractivity (Wildman–Crippen MR) is 127 cm³/mol. The van der Waals surface area contributed by atoms with E-state index in [1.165, 1.54) is 0 Å². The van der Waals surface area contributed by atoms with Crippen LogP contribution in [0.25, 0.3) is 0 Å². The largest absolute Gasteiger partial charge is 0.484 e. The molecule has 0 spiro atoms. The molecule has 3 aromatic rings. The summed E-state index contributed by atoms with van der Waals surface area (Å²) in [6.07, 6.45) is 0.386. The fourth-order valence-corrected chi connectivity index (χ4v) is 3.71. The number of amides is 2. The van der Waals surface area contributed by atoms with Gasteiger partial charge in [0, 0.05) is 25.0 Å². The Morgan fingerprint density at radius 3 is 2.34 bits per heavy atom. The quantitative estimate of drug-likeness (QED) is 0.525. The monoisotopic (exact) mass is 450 g/mol. The van der Waals surface area contributed by atoms with Crippen molar-refractivity contribution in [1.82, 2.24) is 10.2 Å². The van der Waals surface area contributed by atoms with Crippen LogP contribution >= 0.6 is 11.6 Å². The summed E-state index contributed by atoms with van der Waals surface area (Å²) < 4.78 is 5.81. The normalized spacial score (nSPS) is 11.5. The summed E-state index contributed by atoms with van der Waals surface area (Å²) in [5.41, 5.74) is 2.74. The smallest absolute Gasteiger partial charge is 0.261 e. The molecule has 32 heavy (non-hydrogen) atoms. The molecule has 0 saturated heterocycles. The topological polar surface area (TPSA) is 58.6 Å². The first-order chi connectivity index (χ1) is 15.5. The van der Waals surface area contributed by atoms with Crippen LogP contribution in [0.3, 0.4) is 0 Å². The molecule has 0 saturated carbocycles. The van der Waals surface area contributed by atoms with Crippen molar-refractivity contribution in [2.45, 2.75) is 25.9 Å². The van der Waals surface area contributed by atoms with E-state index in [4.69, 9.17) is 16.3 Å². The molecule has 0 aliphatic rings. The number of benzene rings is 3. The maximum Gasteiger partial charge on any atom is 0.261 e. The van der Waals surface area contributed by atoms with Gasteiger partial charge in [0.2, 0.25) is 5.91 Å². The van der Waals surface area contributed by atoms with Gasteiger partial charge in [0.1, 0.15) is 11.8 Å². The Hall–Kier alpha value is -3.31. The van der Waals surface area contributed by atoms with E-state index in [1.54, 1.807) is 24.1 Å². The summed E-state index contributed by atoms with van der Waals surface area (Å²) in [6, 6.07) is 23.8. The highest BCUT2D eigenvalue weighted by atomic mass is 35.5. The van der Waals surface area contributed by atoms with E-state index < -0.39 is 6.04 Å². The molecule has 0 heterocycles. The van der Waals surface area contributed by atoms with Crippen LogP contribution in [0.15, 0.2) is 78.9 Å². The maximum atomic E-state index is 13.4. The summed E-state index contributed by atoms with van der Waals surface area (Å²) in [6.45, 7) is 1.99. The van der Waals surface area contributed by atoms with Gasteiger partial charge in [0.25, 0.3) is 5.91 Å². The third-order valence-electron chi connectivity index (χ3n) is 5.20. The van der Waals surface area contributed by atoms with Gasteiger partial charge in [-0.05, 0) is 41.8 Å². The second kappa shape index (κ2) is 11.3. The molecule has 2 amide bonds. The second-order valence-electron chi connectivity index (χ2n) is 7.53. The zero-order valence-electron chi connectivity index (χ0n) is 18.3. The Labute approximate surface area is 194 Å². The van der Waals surface area contributed by atoms with Crippen LogP contribution in [0.2, 0.25) is 5.02 Å². The molecule has 0 aliphatic heterocycles. The number of para-hydroxylation sites is 1. The number of nitrogens with zero attached hydrogens (tertiary/aromatic N) is 1. The molecule has 1 atom stereocenters. The molecule has 0 unspecified atom stereocenters. The molecule has 3 rings (SSSR count). The third-order valence-corrected chi connectivity index (χ3v) is 5.44. The van der Waals surface area contributed by atoms with Crippen LogP contribution in [0.4, 0.5) is 0 Å². The molecule has 166 valence electrons. The molecule has 6 heteroatoms. The molecular weight excluding hydrogens is 424 g/mol. The Bertz CT molecular complexity index is 1060. The maximum absolute atomic E-state index is 13.4. The van der Waals surface area contributed by atoms with E-state index in [2.05, 4.69) is 5.32 Å². The first kappa shape index (κ1) is 23.4. The van der Waals surface area contributed by atoms with Crippen LogP contribution in [-0.4, -0.2) is 36.4 Å². The summed E-state index contributed by atoms with van der Waals surface area (Å²) in [7, 11) is 1.58. The minimum Gasteiger partial charge on any atom is -0.484 e. The minimum atomic E-state index is -0.700. The lowest BCUT2D eigenvalue weighted by Crippen LogP contribution is -2.51. The van der Waals surface area contributed by atoms with Gasteiger partial charge in [0.15, 0.2) is 6.61 Å². The highest BCUT2D eigenvalue weighted by Gasteiger charge is 2.30. The van der Waals surface area contributed by atoms with Gasteiger partial charge in [-0.3, -0.25) is 9.59 Å². The molecule has 0 bridgehead atoms. The van der Waals surface area contributed by atoms with E-state index >= 15 is 0 Å². The molecule has 0 radical (unpaired) electrons. The number of carbonyl (C=O) groups excluding carboxylic acids is 2. The fraction of sp³-hybridized carbons (Fsp3) is 0.231. The lowest BCUT2D eigenvalue weighted by Gasteiger charge is -2.31. The van der Waals surface area contributed by atoms with Gasteiger partial charge in [-0.25, -0.2) is 0 Å². The number of ether oxygens (including phenoxy) is 1. The van der Waals surface area contributed by atoms with Crippen molar-refractivity contribution < 1.29 is 14.3 Å². The fourth-order valence-electron chi connectivity index (χ4n) is 3.49. The Kier molecular flexibility index (Phi) is 8.28. The van der Waals surface area contributed by atoms with Crippen LogP contribution in [0, 0.1) is 6.92 Å². The van der Waals surface area contributed by atoms with Gasteiger partial charge < -0.3 is 15.0 Å². The number of aryl methyl sites for hydroxylation is 1. The van der Waals surface area contributed by atoms with Gasteiger partial charge in [-0.1, -0.05) is 72.3 Å². The zero-order valence-corrected chi connectivity index (χ0v) is 19.0. The van der Waals surface area contributed by atoms with Crippen LogP contribution < -0.4 is 10.1 Å². The lowest BCUT2D eigenvalue weighted by atomic mass is 10.0.